The zero-order valence-corrected chi connectivity index (χ0v) is 9.80. The van der Waals surface area contributed by atoms with Crippen LogP contribution in [-0.4, -0.2) is 4.84 Å². The van der Waals surface area contributed by atoms with E-state index < -0.39 is 0 Å². The molecule has 15 heavy (non-hydrogen) atoms. The van der Waals surface area contributed by atoms with Crippen LogP contribution in [0.2, 0.25) is 0 Å². The van der Waals surface area contributed by atoms with Gasteiger partial charge in [-0.3, -0.25) is 0 Å². The first-order valence-corrected chi connectivity index (χ1v) is 5.89. The van der Waals surface area contributed by atoms with Gasteiger partial charge in [-0.05, 0) is 29.2 Å². The third kappa shape index (κ3) is 2.64. The summed E-state index contributed by atoms with van der Waals surface area (Å²) in [5.74, 6) is 0. The molecule has 0 fully saturated rings. The van der Waals surface area contributed by atoms with E-state index in [0.717, 1.165) is 12.8 Å². The van der Waals surface area contributed by atoms with Gasteiger partial charge >= 0.3 is 0 Å². The molecule has 0 bridgehead atoms. The lowest BCUT2D eigenvalue weighted by Gasteiger charge is -2.06. The fraction of sp³-hybridized carbons (Fsp3) is 0.231. The topological polar surface area (TPSA) is 0 Å². The highest BCUT2D eigenvalue weighted by Crippen LogP contribution is 2.21. The second-order valence-corrected chi connectivity index (χ2v) is 4.85. The van der Waals surface area contributed by atoms with E-state index in [1.165, 1.54) is 16.3 Å². The van der Waals surface area contributed by atoms with Crippen molar-refractivity contribution in [1.29, 1.82) is 0 Å². The summed E-state index contributed by atoms with van der Waals surface area (Å²) >= 11 is 11.5. The summed E-state index contributed by atoms with van der Waals surface area (Å²) in [6, 6.07) is 14.7. The van der Waals surface area contributed by atoms with E-state index in [2.05, 4.69) is 42.5 Å². The van der Waals surface area contributed by atoms with E-state index in [9.17, 15) is 0 Å². The highest BCUT2D eigenvalue weighted by atomic mass is 35.5. The Kier molecular flexibility index (Phi) is 3.50. The Bertz CT molecular complexity index is 444. The molecule has 0 aliphatic carbocycles. The van der Waals surface area contributed by atoms with Crippen molar-refractivity contribution in [3.05, 3.63) is 48.0 Å². The molecule has 0 aliphatic heterocycles. The van der Waals surface area contributed by atoms with Gasteiger partial charge in [-0.25, -0.2) is 0 Å². The molecule has 2 aromatic rings. The van der Waals surface area contributed by atoms with Crippen molar-refractivity contribution in [1.82, 2.24) is 0 Å². The molecule has 0 unspecified atom stereocenters. The van der Waals surface area contributed by atoms with Gasteiger partial charge in [0, 0.05) is 0 Å². The second-order valence-electron chi connectivity index (χ2n) is 3.57. The molecule has 0 amide bonds. The molecule has 0 aliphatic rings. The predicted octanol–water partition coefficient (Wildman–Crippen LogP) is 4.58. The number of rotatable bonds is 3. The lowest BCUT2D eigenvalue weighted by atomic mass is 10.0. The molecule has 0 nitrogen and oxygen atoms in total. The fourth-order valence-electron chi connectivity index (χ4n) is 1.78. The average Bonchev–Trinajstić information content (AvgIpc) is 2.26. The van der Waals surface area contributed by atoms with Crippen LogP contribution in [0.3, 0.4) is 0 Å². The van der Waals surface area contributed by atoms with E-state index in [1.54, 1.807) is 0 Å². The maximum atomic E-state index is 5.74. The standard InChI is InChI=1S/C13H12Cl2/c14-13(15)9-8-11-6-3-5-10-4-1-2-7-12(10)11/h1-7,13H,8-9H2. The van der Waals surface area contributed by atoms with Crippen molar-refractivity contribution >= 4 is 34.0 Å². The summed E-state index contributed by atoms with van der Waals surface area (Å²) in [6.07, 6.45) is 1.73. The predicted molar refractivity (Wildman–Crippen MR) is 67.8 cm³/mol. The number of alkyl halides is 2. The Balaban J connectivity index is 2.34. The van der Waals surface area contributed by atoms with Crippen molar-refractivity contribution < 1.29 is 0 Å². The van der Waals surface area contributed by atoms with Crippen molar-refractivity contribution in [3.63, 3.8) is 0 Å². The summed E-state index contributed by atoms with van der Waals surface area (Å²) in [5.41, 5.74) is 1.32. The van der Waals surface area contributed by atoms with Crippen molar-refractivity contribution in [2.45, 2.75) is 17.7 Å². The van der Waals surface area contributed by atoms with Crippen LogP contribution in [0.15, 0.2) is 42.5 Å². The second kappa shape index (κ2) is 4.87. The van der Waals surface area contributed by atoms with E-state index in [-0.39, 0.29) is 4.84 Å². The third-order valence-corrected chi connectivity index (χ3v) is 2.95. The Morgan fingerprint density at radius 3 is 2.47 bits per heavy atom. The van der Waals surface area contributed by atoms with Gasteiger partial charge in [0.1, 0.15) is 4.84 Å². The lowest BCUT2D eigenvalue weighted by Crippen LogP contribution is -1.93. The minimum atomic E-state index is -0.274. The van der Waals surface area contributed by atoms with Crippen molar-refractivity contribution in [2.24, 2.45) is 0 Å². The molecule has 2 rings (SSSR count). The molecule has 0 radical (unpaired) electrons. The molecule has 2 aromatic carbocycles. The number of hydrogen-bond acceptors (Lipinski definition) is 0. The van der Waals surface area contributed by atoms with E-state index in [1.807, 2.05) is 0 Å². The first kappa shape index (κ1) is 10.8. The molecule has 0 spiro atoms. The number of aryl methyl sites for hydroxylation is 1. The Morgan fingerprint density at radius 2 is 1.67 bits per heavy atom. The zero-order valence-electron chi connectivity index (χ0n) is 8.29. The molecule has 0 saturated heterocycles. The van der Waals surface area contributed by atoms with Crippen LogP contribution in [-0.2, 0) is 6.42 Å². The Hall–Kier alpha value is -0.720. The normalized spacial score (nSPS) is 11.1. The maximum absolute atomic E-state index is 5.74. The third-order valence-electron chi connectivity index (χ3n) is 2.51. The van der Waals surface area contributed by atoms with Gasteiger partial charge < -0.3 is 0 Å². The fourth-order valence-corrected chi connectivity index (χ4v) is 1.99. The smallest absolute Gasteiger partial charge is 0.105 e. The summed E-state index contributed by atoms with van der Waals surface area (Å²) in [6.45, 7) is 0. The van der Waals surface area contributed by atoms with Crippen molar-refractivity contribution in [2.75, 3.05) is 0 Å². The summed E-state index contributed by atoms with van der Waals surface area (Å²) < 4.78 is 0. The van der Waals surface area contributed by atoms with Crippen LogP contribution in [0.1, 0.15) is 12.0 Å². The van der Waals surface area contributed by atoms with Crippen LogP contribution in [0.5, 0.6) is 0 Å². The zero-order chi connectivity index (χ0) is 10.7. The lowest BCUT2D eigenvalue weighted by molar-refractivity contribution is 0.899. The maximum Gasteiger partial charge on any atom is 0.108 e. The number of halogens is 2. The Labute approximate surface area is 99.8 Å². The first-order chi connectivity index (χ1) is 7.27. The van der Waals surface area contributed by atoms with E-state index >= 15 is 0 Å². The van der Waals surface area contributed by atoms with Gasteiger partial charge in [-0.15, -0.1) is 23.2 Å². The number of benzene rings is 2. The minimum absolute atomic E-state index is 0.274. The molecule has 78 valence electrons. The van der Waals surface area contributed by atoms with Gasteiger partial charge in [0.25, 0.3) is 0 Å². The number of fused-ring (bicyclic) bond motifs is 1. The largest absolute Gasteiger partial charge is 0.108 e. The van der Waals surface area contributed by atoms with Gasteiger partial charge in [0.15, 0.2) is 0 Å². The monoisotopic (exact) mass is 238 g/mol. The van der Waals surface area contributed by atoms with Crippen LogP contribution in [0.4, 0.5) is 0 Å². The van der Waals surface area contributed by atoms with Crippen LogP contribution in [0, 0.1) is 0 Å². The average molecular weight is 239 g/mol. The molecule has 0 aromatic heterocycles. The molecule has 0 saturated carbocycles. The quantitative estimate of drug-likeness (QED) is 0.688. The van der Waals surface area contributed by atoms with Crippen molar-refractivity contribution in [3.8, 4) is 0 Å². The summed E-state index contributed by atoms with van der Waals surface area (Å²) in [5, 5.41) is 2.57. The number of hydrogen-bond donors (Lipinski definition) is 0. The summed E-state index contributed by atoms with van der Waals surface area (Å²) in [7, 11) is 0. The highest BCUT2D eigenvalue weighted by molar-refractivity contribution is 6.44. The molecular weight excluding hydrogens is 227 g/mol. The van der Waals surface area contributed by atoms with Gasteiger partial charge in [-0.2, -0.15) is 0 Å². The molecule has 0 atom stereocenters. The first-order valence-electron chi connectivity index (χ1n) is 5.02. The van der Waals surface area contributed by atoms with Gasteiger partial charge in [0.2, 0.25) is 0 Å². The molecule has 0 heterocycles. The van der Waals surface area contributed by atoms with E-state index in [4.69, 9.17) is 23.2 Å². The van der Waals surface area contributed by atoms with Gasteiger partial charge in [-0.1, -0.05) is 42.5 Å². The van der Waals surface area contributed by atoms with Crippen LogP contribution >= 0.6 is 23.2 Å². The minimum Gasteiger partial charge on any atom is -0.105 e. The van der Waals surface area contributed by atoms with Crippen LogP contribution in [0.25, 0.3) is 10.8 Å². The molecule has 0 N–H and O–H groups in total. The molecule has 2 heteroatoms. The Morgan fingerprint density at radius 1 is 0.933 bits per heavy atom. The summed E-state index contributed by atoms with van der Waals surface area (Å²) in [4.78, 5) is -0.274. The highest BCUT2D eigenvalue weighted by Gasteiger charge is 2.03. The van der Waals surface area contributed by atoms with Crippen LogP contribution < -0.4 is 0 Å². The SMILES string of the molecule is ClC(Cl)CCc1cccc2ccccc12. The van der Waals surface area contributed by atoms with E-state index in [0.29, 0.717) is 0 Å². The van der Waals surface area contributed by atoms with Gasteiger partial charge in [0.05, 0.1) is 0 Å². The molecular formula is C13H12Cl2.